The van der Waals surface area contributed by atoms with Gasteiger partial charge in [0.15, 0.2) is 11.8 Å². The molecule has 0 saturated heterocycles. The van der Waals surface area contributed by atoms with Crippen LogP contribution in [0.3, 0.4) is 0 Å². The first-order valence-corrected chi connectivity index (χ1v) is 8.36. The Morgan fingerprint density at radius 2 is 1.84 bits per heavy atom. The lowest BCUT2D eigenvalue weighted by molar-refractivity contribution is 0.129. The number of benzene rings is 1. The molecule has 7 heteroatoms. The van der Waals surface area contributed by atoms with Crippen molar-refractivity contribution in [1.82, 2.24) is 25.4 Å². The average molecular weight is 344 g/mol. The van der Waals surface area contributed by atoms with Gasteiger partial charge in [-0.2, -0.15) is 0 Å². The Bertz CT molecular complexity index is 729. The van der Waals surface area contributed by atoms with E-state index in [9.17, 15) is 0 Å². The van der Waals surface area contributed by atoms with Gasteiger partial charge in [0, 0.05) is 26.2 Å². The van der Waals surface area contributed by atoms with Gasteiger partial charge in [-0.3, -0.25) is 4.99 Å². The summed E-state index contributed by atoms with van der Waals surface area (Å²) in [6, 6.07) is 8.02. The van der Waals surface area contributed by atoms with Crippen molar-refractivity contribution in [2.45, 2.75) is 46.4 Å². The molecular formula is C18H28N6O. The molecule has 1 heterocycles. The molecule has 136 valence electrons. The quantitative estimate of drug-likeness (QED) is 0.642. The van der Waals surface area contributed by atoms with Crippen LogP contribution >= 0.6 is 0 Å². The highest BCUT2D eigenvalue weighted by molar-refractivity contribution is 5.79. The predicted molar refractivity (Wildman–Crippen MR) is 99.6 cm³/mol. The number of hydrogen-bond acceptors (Lipinski definition) is 4. The van der Waals surface area contributed by atoms with Crippen LogP contribution in [0.4, 0.5) is 0 Å². The standard InChI is InChI=1S/C18H28N6O/c1-13-22-23-16(24(13)6)12-21-17(19-5)20-11-14-9-7-8-10-15(14)25-18(2,3)4/h7-10H,11-12H2,1-6H3,(H2,19,20,21). The smallest absolute Gasteiger partial charge is 0.191 e. The van der Waals surface area contributed by atoms with Crippen molar-refractivity contribution in [3.8, 4) is 5.75 Å². The number of rotatable bonds is 5. The second-order valence-corrected chi connectivity index (χ2v) is 6.82. The van der Waals surface area contributed by atoms with Crippen LogP contribution in [0.2, 0.25) is 0 Å². The van der Waals surface area contributed by atoms with E-state index < -0.39 is 0 Å². The van der Waals surface area contributed by atoms with Crippen LogP contribution in [0, 0.1) is 6.92 Å². The van der Waals surface area contributed by atoms with E-state index in [1.54, 1.807) is 7.05 Å². The third-order valence-corrected chi connectivity index (χ3v) is 3.66. The zero-order chi connectivity index (χ0) is 18.4. The number of guanidine groups is 1. The molecule has 0 unspecified atom stereocenters. The van der Waals surface area contributed by atoms with E-state index in [1.807, 2.05) is 63.6 Å². The van der Waals surface area contributed by atoms with Gasteiger partial charge in [0.1, 0.15) is 17.2 Å². The van der Waals surface area contributed by atoms with Crippen LogP contribution < -0.4 is 15.4 Å². The SMILES string of the molecule is CN=C(NCc1ccccc1OC(C)(C)C)NCc1nnc(C)n1C. The van der Waals surface area contributed by atoms with Crippen LogP contribution in [0.15, 0.2) is 29.3 Å². The van der Waals surface area contributed by atoms with Crippen molar-refractivity contribution >= 4 is 5.96 Å². The fraction of sp³-hybridized carbons (Fsp3) is 0.500. The fourth-order valence-corrected chi connectivity index (χ4v) is 2.25. The molecule has 2 N–H and O–H groups in total. The first-order chi connectivity index (χ1) is 11.8. The van der Waals surface area contributed by atoms with Crippen molar-refractivity contribution in [3.05, 3.63) is 41.5 Å². The molecule has 7 nitrogen and oxygen atoms in total. The number of hydrogen-bond donors (Lipinski definition) is 2. The molecule has 0 amide bonds. The summed E-state index contributed by atoms with van der Waals surface area (Å²) < 4.78 is 7.98. The minimum atomic E-state index is -0.237. The maximum atomic E-state index is 6.02. The first-order valence-electron chi connectivity index (χ1n) is 8.36. The zero-order valence-electron chi connectivity index (χ0n) is 15.9. The van der Waals surface area contributed by atoms with Crippen molar-refractivity contribution in [3.63, 3.8) is 0 Å². The van der Waals surface area contributed by atoms with E-state index in [4.69, 9.17) is 4.74 Å². The normalized spacial score (nSPS) is 12.2. The minimum absolute atomic E-state index is 0.237. The number of aryl methyl sites for hydroxylation is 1. The summed E-state index contributed by atoms with van der Waals surface area (Å²) in [6.45, 7) is 9.22. The second-order valence-electron chi connectivity index (χ2n) is 6.82. The Kier molecular flexibility index (Phi) is 6.01. The molecule has 0 aliphatic rings. The van der Waals surface area contributed by atoms with Gasteiger partial charge in [-0.05, 0) is 33.8 Å². The van der Waals surface area contributed by atoms with Crippen LogP contribution in [-0.2, 0) is 20.1 Å². The Morgan fingerprint density at radius 1 is 1.16 bits per heavy atom. The molecule has 0 saturated carbocycles. The van der Waals surface area contributed by atoms with Gasteiger partial charge in [-0.25, -0.2) is 0 Å². The molecule has 0 radical (unpaired) electrons. The summed E-state index contributed by atoms with van der Waals surface area (Å²) in [7, 11) is 3.69. The van der Waals surface area contributed by atoms with Crippen molar-refractivity contribution < 1.29 is 4.74 Å². The van der Waals surface area contributed by atoms with Gasteiger partial charge in [0.05, 0.1) is 6.54 Å². The van der Waals surface area contributed by atoms with Gasteiger partial charge in [-0.15, -0.1) is 10.2 Å². The maximum absolute atomic E-state index is 6.02. The molecular weight excluding hydrogens is 316 g/mol. The highest BCUT2D eigenvalue weighted by atomic mass is 16.5. The molecule has 0 aliphatic heterocycles. The Hall–Kier alpha value is -2.57. The average Bonchev–Trinajstić information content (AvgIpc) is 2.87. The molecule has 2 rings (SSSR count). The monoisotopic (exact) mass is 344 g/mol. The van der Waals surface area contributed by atoms with Crippen molar-refractivity contribution in [1.29, 1.82) is 0 Å². The molecule has 1 aromatic carbocycles. The predicted octanol–water partition coefficient (Wildman–Crippen LogP) is 2.17. The number of nitrogens with zero attached hydrogens (tertiary/aromatic N) is 4. The van der Waals surface area contributed by atoms with Gasteiger partial charge in [-0.1, -0.05) is 18.2 Å². The fourth-order valence-electron chi connectivity index (χ4n) is 2.25. The Balaban J connectivity index is 1.96. The summed E-state index contributed by atoms with van der Waals surface area (Å²) in [4.78, 5) is 4.26. The van der Waals surface area contributed by atoms with E-state index >= 15 is 0 Å². The highest BCUT2D eigenvalue weighted by Crippen LogP contribution is 2.22. The summed E-state index contributed by atoms with van der Waals surface area (Å²) in [5.41, 5.74) is 0.842. The lowest BCUT2D eigenvalue weighted by Crippen LogP contribution is -2.37. The van der Waals surface area contributed by atoms with E-state index in [-0.39, 0.29) is 5.60 Å². The van der Waals surface area contributed by atoms with E-state index in [2.05, 4.69) is 25.8 Å². The third-order valence-electron chi connectivity index (χ3n) is 3.66. The van der Waals surface area contributed by atoms with Crippen molar-refractivity contribution in [2.24, 2.45) is 12.0 Å². The first kappa shape index (κ1) is 18.8. The summed E-state index contributed by atoms with van der Waals surface area (Å²) >= 11 is 0. The molecule has 0 bridgehead atoms. The molecule has 0 aliphatic carbocycles. The molecule has 0 fully saturated rings. The van der Waals surface area contributed by atoms with Crippen LogP contribution in [0.1, 0.15) is 38.0 Å². The number of para-hydroxylation sites is 1. The van der Waals surface area contributed by atoms with Gasteiger partial charge in [0.25, 0.3) is 0 Å². The summed E-state index contributed by atoms with van der Waals surface area (Å²) in [6.07, 6.45) is 0. The second kappa shape index (κ2) is 8.00. The summed E-state index contributed by atoms with van der Waals surface area (Å²) in [5.74, 6) is 3.32. The maximum Gasteiger partial charge on any atom is 0.191 e. The van der Waals surface area contributed by atoms with Gasteiger partial charge < -0.3 is 19.9 Å². The molecule has 2 aromatic rings. The highest BCUT2D eigenvalue weighted by Gasteiger charge is 2.14. The van der Waals surface area contributed by atoms with E-state index in [0.29, 0.717) is 19.0 Å². The molecule has 1 aromatic heterocycles. The lowest BCUT2D eigenvalue weighted by Gasteiger charge is -2.23. The Morgan fingerprint density at radius 3 is 2.44 bits per heavy atom. The topological polar surface area (TPSA) is 76.4 Å². The van der Waals surface area contributed by atoms with Crippen LogP contribution in [-0.4, -0.2) is 33.4 Å². The molecule has 0 spiro atoms. The van der Waals surface area contributed by atoms with Crippen LogP contribution in [0.25, 0.3) is 0 Å². The lowest BCUT2D eigenvalue weighted by atomic mass is 10.1. The van der Waals surface area contributed by atoms with E-state index in [1.165, 1.54) is 0 Å². The Labute approximate surface area is 149 Å². The van der Waals surface area contributed by atoms with Gasteiger partial charge in [0.2, 0.25) is 0 Å². The number of aliphatic imine (C=N–C) groups is 1. The van der Waals surface area contributed by atoms with Gasteiger partial charge >= 0.3 is 0 Å². The van der Waals surface area contributed by atoms with Crippen LogP contribution in [0.5, 0.6) is 5.75 Å². The largest absolute Gasteiger partial charge is 0.488 e. The summed E-state index contributed by atoms with van der Waals surface area (Å²) in [5, 5.41) is 14.8. The molecule has 0 atom stereocenters. The minimum Gasteiger partial charge on any atom is -0.488 e. The third kappa shape index (κ3) is 5.48. The number of ether oxygens (including phenoxy) is 1. The number of nitrogens with one attached hydrogen (secondary N) is 2. The zero-order valence-corrected chi connectivity index (χ0v) is 15.9. The molecule has 25 heavy (non-hydrogen) atoms. The van der Waals surface area contributed by atoms with Crippen molar-refractivity contribution in [2.75, 3.05) is 7.05 Å². The number of aromatic nitrogens is 3. The van der Waals surface area contributed by atoms with E-state index in [0.717, 1.165) is 23.0 Å².